The summed E-state index contributed by atoms with van der Waals surface area (Å²) in [5.74, 6) is -0.576. The van der Waals surface area contributed by atoms with E-state index in [0.717, 1.165) is 0 Å². The van der Waals surface area contributed by atoms with Gasteiger partial charge in [-0.15, -0.1) is 0 Å². The summed E-state index contributed by atoms with van der Waals surface area (Å²) < 4.78 is 4.51. The number of methoxy groups -OCH3 is 1. The first kappa shape index (κ1) is 12.3. The second kappa shape index (κ2) is 6.82. The lowest BCUT2D eigenvalue weighted by atomic mass is 10.2. The SMILES string of the molecule is COC(=O)C(C)CNC(CO)CO. The minimum Gasteiger partial charge on any atom is -0.469 e. The van der Waals surface area contributed by atoms with E-state index in [-0.39, 0.29) is 31.1 Å². The number of carbonyl (C=O) groups excluding carboxylic acids is 1. The van der Waals surface area contributed by atoms with Gasteiger partial charge < -0.3 is 20.3 Å². The predicted octanol–water partition coefficient (Wildman–Crippen LogP) is -1.26. The van der Waals surface area contributed by atoms with Crippen molar-refractivity contribution >= 4 is 5.97 Å². The molecule has 0 saturated carbocycles. The first-order valence-corrected chi connectivity index (χ1v) is 4.18. The zero-order chi connectivity index (χ0) is 10.3. The molecular weight excluding hydrogens is 174 g/mol. The third-order valence-electron chi connectivity index (χ3n) is 1.76. The number of esters is 1. The van der Waals surface area contributed by atoms with E-state index in [1.807, 2.05) is 0 Å². The normalized spacial score (nSPS) is 13.0. The summed E-state index contributed by atoms with van der Waals surface area (Å²) in [6.45, 7) is 1.80. The van der Waals surface area contributed by atoms with Crippen LogP contribution in [-0.4, -0.2) is 49.1 Å². The number of hydrogen-bond acceptors (Lipinski definition) is 5. The molecule has 0 fully saturated rings. The molecule has 0 aromatic carbocycles. The Kier molecular flexibility index (Phi) is 6.48. The number of aliphatic hydroxyl groups is 2. The highest BCUT2D eigenvalue weighted by molar-refractivity contribution is 5.72. The first-order chi connectivity index (χ1) is 6.15. The maximum absolute atomic E-state index is 10.9. The summed E-state index contributed by atoms with van der Waals surface area (Å²) in [6.07, 6.45) is 0. The van der Waals surface area contributed by atoms with E-state index in [0.29, 0.717) is 6.54 Å². The highest BCUT2D eigenvalue weighted by Crippen LogP contribution is 1.95. The summed E-state index contributed by atoms with van der Waals surface area (Å²) in [5.41, 5.74) is 0. The Morgan fingerprint density at radius 1 is 1.46 bits per heavy atom. The Hall–Kier alpha value is -0.650. The third kappa shape index (κ3) is 4.82. The van der Waals surface area contributed by atoms with Crippen molar-refractivity contribution in [2.75, 3.05) is 26.9 Å². The molecule has 0 radical (unpaired) electrons. The van der Waals surface area contributed by atoms with Crippen molar-refractivity contribution in [3.05, 3.63) is 0 Å². The Balaban J connectivity index is 3.67. The van der Waals surface area contributed by atoms with Gasteiger partial charge in [0.1, 0.15) is 0 Å². The number of rotatable bonds is 6. The van der Waals surface area contributed by atoms with Crippen molar-refractivity contribution in [2.45, 2.75) is 13.0 Å². The molecule has 0 amide bonds. The van der Waals surface area contributed by atoms with Gasteiger partial charge >= 0.3 is 5.97 Å². The lowest BCUT2D eigenvalue weighted by Crippen LogP contribution is -2.39. The highest BCUT2D eigenvalue weighted by Gasteiger charge is 2.14. The van der Waals surface area contributed by atoms with Gasteiger partial charge in [0, 0.05) is 6.54 Å². The first-order valence-electron chi connectivity index (χ1n) is 4.18. The Morgan fingerprint density at radius 2 is 2.00 bits per heavy atom. The fourth-order valence-corrected chi connectivity index (χ4v) is 0.815. The lowest BCUT2D eigenvalue weighted by molar-refractivity contribution is -0.144. The predicted molar refractivity (Wildman–Crippen MR) is 47.1 cm³/mol. The van der Waals surface area contributed by atoms with Crippen LogP contribution in [0.5, 0.6) is 0 Å². The summed E-state index contributed by atoms with van der Waals surface area (Å²) >= 11 is 0. The van der Waals surface area contributed by atoms with Crippen LogP contribution in [-0.2, 0) is 9.53 Å². The molecule has 0 heterocycles. The Labute approximate surface area is 77.7 Å². The van der Waals surface area contributed by atoms with Gasteiger partial charge in [0.15, 0.2) is 0 Å². The molecule has 13 heavy (non-hydrogen) atoms. The fourth-order valence-electron chi connectivity index (χ4n) is 0.815. The van der Waals surface area contributed by atoms with Gasteiger partial charge in [-0.1, -0.05) is 6.92 Å². The lowest BCUT2D eigenvalue weighted by Gasteiger charge is -2.15. The molecule has 0 bridgehead atoms. The van der Waals surface area contributed by atoms with Gasteiger partial charge in [0.25, 0.3) is 0 Å². The van der Waals surface area contributed by atoms with Crippen LogP contribution in [0.1, 0.15) is 6.92 Å². The van der Waals surface area contributed by atoms with Gasteiger partial charge in [0.05, 0.1) is 32.3 Å². The molecule has 1 unspecified atom stereocenters. The molecule has 0 aromatic rings. The molecule has 3 N–H and O–H groups in total. The zero-order valence-electron chi connectivity index (χ0n) is 7.99. The van der Waals surface area contributed by atoms with Crippen LogP contribution < -0.4 is 5.32 Å². The van der Waals surface area contributed by atoms with E-state index >= 15 is 0 Å². The van der Waals surface area contributed by atoms with Crippen molar-refractivity contribution in [3.8, 4) is 0 Å². The number of nitrogens with one attached hydrogen (secondary N) is 1. The summed E-state index contributed by atoms with van der Waals surface area (Å²) in [4.78, 5) is 10.9. The number of carbonyl (C=O) groups is 1. The van der Waals surface area contributed by atoms with Crippen LogP contribution in [0.3, 0.4) is 0 Å². The molecule has 5 heteroatoms. The van der Waals surface area contributed by atoms with Crippen LogP contribution in [0.15, 0.2) is 0 Å². The number of hydrogen-bond donors (Lipinski definition) is 3. The molecule has 0 saturated heterocycles. The van der Waals surface area contributed by atoms with Gasteiger partial charge in [-0.3, -0.25) is 4.79 Å². The molecule has 0 aliphatic rings. The smallest absolute Gasteiger partial charge is 0.309 e. The van der Waals surface area contributed by atoms with Crippen molar-refractivity contribution in [3.63, 3.8) is 0 Å². The van der Waals surface area contributed by atoms with Crippen LogP contribution in [0.25, 0.3) is 0 Å². The minimum absolute atomic E-state index is 0.148. The maximum atomic E-state index is 10.9. The van der Waals surface area contributed by atoms with Crippen molar-refractivity contribution < 1.29 is 19.7 Å². The fraction of sp³-hybridized carbons (Fsp3) is 0.875. The molecule has 0 rings (SSSR count). The van der Waals surface area contributed by atoms with Crippen LogP contribution in [0, 0.1) is 5.92 Å². The number of aliphatic hydroxyl groups excluding tert-OH is 2. The molecular formula is C8H17NO4. The summed E-state index contributed by atoms with van der Waals surface area (Å²) in [5, 5.41) is 20.2. The van der Waals surface area contributed by atoms with Gasteiger partial charge in [0.2, 0.25) is 0 Å². The molecule has 0 aliphatic carbocycles. The van der Waals surface area contributed by atoms with E-state index < -0.39 is 0 Å². The highest BCUT2D eigenvalue weighted by atomic mass is 16.5. The average Bonchev–Trinajstić information content (AvgIpc) is 2.17. The minimum atomic E-state index is -0.368. The molecule has 0 aliphatic heterocycles. The molecule has 1 atom stereocenters. The maximum Gasteiger partial charge on any atom is 0.309 e. The van der Waals surface area contributed by atoms with Gasteiger partial charge in [-0.25, -0.2) is 0 Å². The largest absolute Gasteiger partial charge is 0.469 e. The van der Waals surface area contributed by atoms with Gasteiger partial charge in [-0.05, 0) is 0 Å². The molecule has 78 valence electrons. The van der Waals surface area contributed by atoms with Crippen LogP contribution >= 0.6 is 0 Å². The summed E-state index contributed by atoms with van der Waals surface area (Å²) in [6, 6.07) is -0.368. The molecule has 5 nitrogen and oxygen atoms in total. The second-order valence-corrected chi connectivity index (χ2v) is 2.89. The van der Waals surface area contributed by atoms with Crippen LogP contribution in [0.4, 0.5) is 0 Å². The van der Waals surface area contributed by atoms with Crippen LogP contribution in [0.2, 0.25) is 0 Å². The quantitative estimate of drug-likeness (QED) is 0.457. The monoisotopic (exact) mass is 191 g/mol. The topological polar surface area (TPSA) is 78.8 Å². The van der Waals surface area contributed by atoms with Gasteiger partial charge in [-0.2, -0.15) is 0 Å². The van der Waals surface area contributed by atoms with E-state index in [2.05, 4.69) is 10.1 Å². The molecule has 0 aromatic heterocycles. The van der Waals surface area contributed by atoms with E-state index in [9.17, 15) is 4.79 Å². The summed E-state index contributed by atoms with van der Waals surface area (Å²) in [7, 11) is 1.33. The second-order valence-electron chi connectivity index (χ2n) is 2.89. The van der Waals surface area contributed by atoms with Crippen molar-refractivity contribution in [1.82, 2.24) is 5.32 Å². The number of ether oxygens (including phenoxy) is 1. The third-order valence-corrected chi connectivity index (χ3v) is 1.76. The molecule has 0 spiro atoms. The van der Waals surface area contributed by atoms with Crippen molar-refractivity contribution in [1.29, 1.82) is 0 Å². The van der Waals surface area contributed by atoms with Crippen molar-refractivity contribution in [2.24, 2.45) is 5.92 Å². The Bertz CT molecular complexity index is 147. The van der Waals surface area contributed by atoms with E-state index in [1.165, 1.54) is 7.11 Å². The van der Waals surface area contributed by atoms with E-state index in [4.69, 9.17) is 10.2 Å². The standard InChI is InChI=1S/C8H17NO4/c1-6(8(12)13-2)3-9-7(4-10)5-11/h6-7,9-11H,3-5H2,1-2H3. The van der Waals surface area contributed by atoms with E-state index in [1.54, 1.807) is 6.92 Å². The zero-order valence-corrected chi connectivity index (χ0v) is 7.99. The average molecular weight is 191 g/mol. The Morgan fingerprint density at radius 3 is 2.38 bits per heavy atom.